The lowest BCUT2D eigenvalue weighted by Gasteiger charge is -2.27. The van der Waals surface area contributed by atoms with E-state index >= 15 is 0 Å². The number of aliphatic hydroxyl groups is 3. The first-order valence-electron chi connectivity index (χ1n) is 10.6. The summed E-state index contributed by atoms with van der Waals surface area (Å²) in [6.45, 7) is 1.43. The highest BCUT2D eigenvalue weighted by Gasteiger charge is 2.59. The van der Waals surface area contributed by atoms with Crippen LogP contribution in [0.3, 0.4) is 0 Å². The van der Waals surface area contributed by atoms with Crippen LogP contribution in [0.4, 0.5) is 26.3 Å². The van der Waals surface area contributed by atoms with Crippen molar-refractivity contribution < 1.29 is 41.7 Å². The van der Waals surface area contributed by atoms with Gasteiger partial charge in [-0.25, -0.2) is 0 Å². The Balaban J connectivity index is 1.94. The number of benzene rings is 2. The molecule has 0 saturated heterocycles. The third kappa shape index (κ3) is 7.72. The van der Waals surface area contributed by atoms with Crippen LogP contribution in [0.25, 0.3) is 0 Å². The molecule has 0 aromatic heterocycles. The predicted molar refractivity (Wildman–Crippen MR) is 111 cm³/mol. The van der Waals surface area contributed by atoms with Crippen LogP contribution in [0.2, 0.25) is 0 Å². The van der Waals surface area contributed by atoms with E-state index in [-0.39, 0.29) is 19.6 Å². The van der Waals surface area contributed by atoms with Crippen LogP contribution in [0.5, 0.6) is 0 Å². The molecule has 0 aliphatic rings. The SMILES string of the molecule is Cc1cc(CCCc2ccc(CO)c(CO)c2)ccc1CCC(O)C(C(F)(F)F)C(F)(F)F. The van der Waals surface area contributed by atoms with Crippen LogP contribution in [-0.4, -0.2) is 33.8 Å². The van der Waals surface area contributed by atoms with Crippen molar-refractivity contribution in [1.82, 2.24) is 0 Å². The fourth-order valence-corrected chi connectivity index (χ4v) is 3.92. The number of hydrogen-bond acceptors (Lipinski definition) is 3. The molecular formula is C24H28F6O3. The van der Waals surface area contributed by atoms with Gasteiger partial charge in [-0.15, -0.1) is 0 Å². The lowest BCUT2D eigenvalue weighted by molar-refractivity contribution is -0.306. The molecule has 0 radical (unpaired) electrons. The van der Waals surface area contributed by atoms with E-state index in [0.717, 1.165) is 29.5 Å². The average molecular weight is 478 g/mol. The summed E-state index contributed by atoms with van der Waals surface area (Å²) in [7, 11) is 0. The molecule has 9 heteroatoms. The van der Waals surface area contributed by atoms with E-state index in [1.54, 1.807) is 25.1 Å². The Kier molecular flexibility index (Phi) is 9.34. The van der Waals surface area contributed by atoms with Gasteiger partial charge in [0.15, 0.2) is 5.92 Å². The van der Waals surface area contributed by atoms with Crippen molar-refractivity contribution in [2.24, 2.45) is 5.92 Å². The monoisotopic (exact) mass is 478 g/mol. The van der Waals surface area contributed by atoms with Crippen molar-refractivity contribution in [3.63, 3.8) is 0 Å². The summed E-state index contributed by atoms with van der Waals surface area (Å²) in [5, 5.41) is 28.3. The maximum atomic E-state index is 12.7. The Bertz CT molecular complexity index is 894. The summed E-state index contributed by atoms with van der Waals surface area (Å²) in [4.78, 5) is 0. The molecule has 0 spiro atoms. The van der Waals surface area contributed by atoms with E-state index in [0.29, 0.717) is 23.1 Å². The van der Waals surface area contributed by atoms with Crippen molar-refractivity contribution >= 4 is 0 Å². The van der Waals surface area contributed by atoms with Crippen LogP contribution in [-0.2, 0) is 32.5 Å². The van der Waals surface area contributed by atoms with Gasteiger partial charge in [0.25, 0.3) is 0 Å². The Morgan fingerprint density at radius 3 is 1.73 bits per heavy atom. The molecule has 2 aromatic carbocycles. The van der Waals surface area contributed by atoms with Crippen molar-refractivity contribution in [2.75, 3.05) is 0 Å². The third-order valence-electron chi connectivity index (χ3n) is 5.75. The van der Waals surface area contributed by atoms with Crippen LogP contribution < -0.4 is 0 Å². The zero-order valence-corrected chi connectivity index (χ0v) is 18.2. The molecule has 3 N–H and O–H groups in total. The van der Waals surface area contributed by atoms with Crippen molar-refractivity contribution in [3.8, 4) is 0 Å². The molecule has 0 aliphatic heterocycles. The molecule has 0 amide bonds. The second kappa shape index (κ2) is 11.4. The lowest BCUT2D eigenvalue weighted by atomic mass is 9.92. The summed E-state index contributed by atoms with van der Waals surface area (Å²) < 4.78 is 76.5. The second-order valence-corrected chi connectivity index (χ2v) is 8.20. The standard InChI is InChI=1S/C24H28F6O3/c1-15-11-16(3-2-4-17-6-8-19(13-31)20(12-17)14-32)5-7-18(15)9-10-21(33)22(23(25,26)27)24(28,29)30/h5-8,11-12,21-22,31-33H,2-4,9-10,13-14H2,1H3. The van der Waals surface area contributed by atoms with E-state index in [2.05, 4.69) is 0 Å². The summed E-state index contributed by atoms with van der Waals surface area (Å²) >= 11 is 0. The van der Waals surface area contributed by atoms with Crippen molar-refractivity contribution in [3.05, 3.63) is 69.8 Å². The summed E-state index contributed by atoms with van der Waals surface area (Å²) in [6.07, 6.45) is -12.2. The molecule has 0 bridgehead atoms. The Labute approximate surface area is 188 Å². The fraction of sp³-hybridized carbons (Fsp3) is 0.500. The molecule has 1 atom stereocenters. The maximum absolute atomic E-state index is 12.7. The molecular weight excluding hydrogens is 450 g/mol. The van der Waals surface area contributed by atoms with Gasteiger partial charge in [0.2, 0.25) is 0 Å². The normalized spacial score (nSPS) is 13.5. The number of alkyl halides is 6. The van der Waals surface area contributed by atoms with Gasteiger partial charge >= 0.3 is 12.4 Å². The highest BCUT2D eigenvalue weighted by Crippen LogP contribution is 2.42. The fourth-order valence-electron chi connectivity index (χ4n) is 3.92. The van der Waals surface area contributed by atoms with Crippen LogP contribution in [0.1, 0.15) is 46.2 Å². The van der Waals surface area contributed by atoms with E-state index < -0.39 is 30.8 Å². The Hall–Kier alpha value is -2.10. The van der Waals surface area contributed by atoms with Gasteiger partial charge in [-0.2, -0.15) is 26.3 Å². The average Bonchev–Trinajstić information content (AvgIpc) is 2.70. The topological polar surface area (TPSA) is 60.7 Å². The minimum Gasteiger partial charge on any atom is -0.392 e. The molecule has 184 valence electrons. The molecule has 2 rings (SSSR count). The zero-order chi connectivity index (χ0) is 24.8. The molecule has 0 heterocycles. The first-order valence-corrected chi connectivity index (χ1v) is 10.6. The molecule has 0 aliphatic carbocycles. The van der Waals surface area contributed by atoms with E-state index in [1.807, 2.05) is 18.2 Å². The minimum absolute atomic E-state index is 0.100. The number of aryl methyl sites for hydroxylation is 4. The quantitative estimate of drug-likeness (QED) is 0.412. The van der Waals surface area contributed by atoms with Gasteiger partial charge in [-0.3, -0.25) is 0 Å². The van der Waals surface area contributed by atoms with Gasteiger partial charge in [0, 0.05) is 0 Å². The number of halogens is 6. The summed E-state index contributed by atoms with van der Waals surface area (Å²) in [6, 6.07) is 10.8. The van der Waals surface area contributed by atoms with Gasteiger partial charge in [0.05, 0.1) is 19.3 Å². The van der Waals surface area contributed by atoms with E-state index in [1.165, 1.54) is 0 Å². The predicted octanol–water partition coefficient (Wildman–Crippen LogP) is 5.19. The molecule has 1 unspecified atom stereocenters. The molecule has 0 saturated carbocycles. The highest BCUT2D eigenvalue weighted by atomic mass is 19.4. The van der Waals surface area contributed by atoms with Gasteiger partial charge in [0.1, 0.15) is 0 Å². The van der Waals surface area contributed by atoms with Crippen molar-refractivity contribution in [1.29, 1.82) is 0 Å². The van der Waals surface area contributed by atoms with Gasteiger partial charge in [-0.05, 0) is 72.4 Å². The first kappa shape index (κ1) is 27.1. The first-order chi connectivity index (χ1) is 15.4. The Morgan fingerprint density at radius 1 is 0.727 bits per heavy atom. The molecule has 3 nitrogen and oxygen atoms in total. The minimum atomic E-state index is -5.56. The van der Waals surface area contributed by atoms with Crippen LogP contribution in [0.15, 0.2) is 36.4 Å². The van der Waals surface area contributed by atoms with Gasteiger partial charge in [-0.1, -0.05) is 36.4 Å². The molecule has 0 fully saturated rings. The number of aliphatic hydroxyl groups excluding tert-OH is 3. The van der Waals surface area contributed by atoms with Crippen molar-refractivity contribution in [2.45, 2.75) is 70.7 Å². The summed E-state index contributed by atoms with van der Waals surface area (Å²) in [5.41, 5.74) is 4.68. The number of hydrogen-bond donors (Lipinski definition) is 3. The Morgan fingerprint density at radius 2 is 1.24 bits per heavy atom. The highest BCUT2D eigenvalue weighted by molar-refractivity contribution is 5.33. The molecule has 33 heavy (non-hydrogen) atoms. The largest absolute Gasteiger partial charge is 0.403 e. The zero-order valence-electron chi connectivity index (χ0n) is 18.2. The smallest absolute Gasteiger partial charge is 0.392 e. The van der Waals surface area contributed by atoms with Gasteiger partial charge < -0.3 is 15.3 Å². The van der Waals surface area contributed by atoms with Crippen LogP contribution in [0, 0.1) is 12.8 Å². The van der Waals surface area contributed by atoms with E-state index in [4.69, 9.17) is 0 Å². The second-order valence-electron chi connectivity index (χ2n) is 8.20. The third-order valence-corrected chi connectivity index (χ3v) is 5.75. The maximum Gasteiger partial charge on any atom is 0.403 e. The summed E-state index contributed by atoms with van der Waals surface area (Å²) in [5.74, 6) is -3.76. The molecule has 2 aromatic rings. The lowest BCUT2D eigenvalue weighted by Crippen LogP contribution is -2.45. The van der Waals surface area contributed by atoms with E-state index in [9.17, 15) is 41.7 Å². The number of rotatable bonds is 10. The van der Waals surface area contributed by atoms with Crippen LogP contribution >= 0.6 is 0 Å².